The maximum atomic E-state index is 14.5. The third-order valence-electron chi connectivity index (χ3n) is 9.01. The summed E-state index contributed by atoms with van der Waals surface area (Å²) in [5.74, 6) is -3.02. The fourth-order valence-electron chi connectivity index (χ4n) is 5.98. The van der Waals surface area contributed by atoms with Crippen LogP contribution in [0.15, 0.2) is 54.6 Å². The molecule has 304 valence electrons. The van der Waals surface area contributed by atoms with E-state index in [1.165, 1.54) is 30.8 Å². The Morgan fingerprint density at radius 1 is 0.727 bits per heavy atom. The number of hydrogen-bond acceptors (Lipinski definition) is 11. The van der Waals surface area contributed by atoms with Crippen LogP contribution in [-0.4, -0.2) is 110 Å². The van der Waals surface area contributed by atoms with Crippen molar-refractivity contribution >= 4 is 35.6 Å². The minimum Gasteiger partial charge on any atom is -0.458 e. The van der Waals surface area contributed by atoms with Crippen LogP contribution in [-0.2, 0) is 55.9 Å². The average Bonchev–Trinajstić information content (AvgIpc) is 3.13. The lowest BCUT2D eigenvalue weighted by Crippen LogP contribution is -2.52. The lowest BCUT2D eigenvalue weighted by atomic mass is 10.0. The molecule has 0 unspecified atom stereocenters. The van der Waals surface area contributed by atoms with Crippen LogP contribution < -0.4 is 4.90 Å². The zero-order valence-corrected chi connectivity index (χ0v) is 34.2. The quantitative estimate of drug-likeness (QED) is 0.142. The zero-order valence-electron chi connectivity index (χ0n) is 34.2. The Bertz CT molecular complexity index is 1550. The summed E-state index contributed by atoms with van der Waals surface area (Å²) >= 11 is 0. The first-order valence-electron chi connectivity index (χ1n) is 19.1. The van der Waals surface area contributed by atoms with Crippen molar-refractivity contribution in [3.8, 4) is 0 Å². The number of hydrogen-bond donors (Lipinski definition) is 0. The van der Waals surface area contributed by atoms with Crippen molar-refractivity contribution in [1.82, 2.24) is 9.80 Å². The molecule has 1 saturated heterocycles. The predicted molar refractivity (Wildman–Crippen MR) is 208 cm³/mol. The van der Waals surface area contributed by atoms with Crippen molar-refractivity contribution in [3.05, 3.63) is 65.7 Å². The number of rotatable bonds is 17. The van der Waals surface area contributed by atoms with Crippen molar-refractivity contribution in [3.63, 3.8) is 0 Å². The Hall–Kier alpha value is -4.65. The van der Waals surface area contributed by atoms with Crippen molar-refractivity contribution < 1.29 is 47.7 Å². The molecule has 1 aliphatic rings. The van der Waals surface area contributed by atoms with E-state index in [9.17, 15) is 24.0 Å². The molecule has 4 atom stereocenters. The number of likely N-dealkylation sites (N-methyl/N-ethyl adjacent to an activating group) is 2. The van der Waals surface area contributed by atoms with Gasteiger partial charge in [-0.15, -0.1) is 0 Å². The van der Waals surface area contributed by atoms with Crippen molar-refractivity contribution in [1.29, 1.82) is 0 Å². The SMILES string of the molecule is CC(C)C[C@H](C(=O)O[C@H](Cc1ccc(N2CCOCC2)cc1)C(=O)N(C)[C@H](CC(C)C)C(=O)O[C@H](C)C(=O)OCc1ccccc1)N(C)C(=O)OC(C)(C)C. The number of anilines is 1. The largest absolute Gasteiger partial charge is 0.458 e. The van der Waals surface area contributed by atoms with Crippen molar-refractivity contribution in [2.45, 2.75) is 111 Å². The summed E-state index contributed by atoms with van der Waals surface area (Å²) < 4.78 is 28.0. The van der Waals surface area contributed by atoms with Crippen LogP contribution in [0.4, 0.5) is 10.5 Å². The van der Waals surface area contributed by atoms with Gasteiger partial charge in [0.05, 0.1) is 13.2 Å². The average molecular weight is 768 g/mol. The second-order valence-corrected chi connectivity index (χ2v) is 15.9. The van der Waals surface area contributed by atoms with Gasteiger partial charge in [0.25, 0.3) is 5.91 Å². The summed E-state index contributed by atoms with van der Waals surface area (Å²) in [6.07, 6.45) is -2.87. The molecule has 0 N–H and O–H groups in total. The van der Waals surface area contributed by atoms with Gasteiger partial charge in [0.1, 0.15) is 24.3 Å². The van der Waals surface area contributed by atoms with Gasteiger partial charge >= 0.3 is 24.0 Å². The van der Waals surface area contributed by atoms with Crippen LogP contribution in [0.1, 0.15) is 79.4 Å². The molecule has 13 heteroatoms. The van der Waals surface area contributed by atoms with Gasteiger partial charge in [-0.2, -0.15) is 0 Å². The Kier molecular flexibility index (Phi) is 17.0. The zero-order chi connectivity index (χ0) is 40.9. The van der Waals surface area contributed by atoms with Crippen LogP contribution >= 0.6 is 0 Å². The molecule has 2 aromatic rings. The number of nitrogens with zero attached hydrogens (tertiary/aromatic N) is 3. The van der Waals surface area contributed by atoms with E-state index in [0.717, 1.165) is 29.9 Å². The molecule has 0 aliphatic carbocycles. The molecular formula is C42H61N3O10. The van der Waals surface area contributed by atoms with E-state index >= 15 is 0 Å². The maximum absolute atomic E-state index is 14.5. The second kappa shape index (κ2) is 20.9. The van der Waals surface area contributed by atoms with Gasteiger partial charge in [-0.05, 0) is 75.6 Å². The van der Waals surface area contributed by atoms with E-state index in [-0.39, 0.29) is 37.7 Å². The summed E-state index contributed by atoms with van der Waals surface area (Å²) in [6.45, 7) is 17.0. The Morgan fingerprint density at radius 3 is 1.82 bits per heavy atom. The first-order valence-corrected chi connectivity index (χ1v) is 19.1. The maximum Gasteiger partial charge on any atom is 0.410 e. The fraction of sp³-hybridized carbons (Fsp3) is 0.595. The van der Waals surface area contributed by atoms with Crippen LogP contribution in [0.2, 0.25) is 0 Å². The topological polar surface area (TPSA) is 141 Å². The minimum absolute atomic E-state index is 0.00544. The van der Waals surface area contributed by atoms with Gasteiger partial charge in [-0.25, -0.2) is 19.2 Å². The molecule has 1 aliphatic heterocycles. The molecule has 0 radical (unpaired) electrons. The summed E-state index contributed by atoms with van der Waals surface area (Å²) in [6, 6.07) is 14.6. The molecule has 0 saturated carbocycles. The van der Waals surface area contributed by atoms with Crippen molar-refractivity contribution in [2.24, 2.45) is 11.8 Å². The molecule has 0 aromatic heterocycles. The number of ether oxygens (including phenoxy) is 5. The predicted octanol–water partition coefficient (Wildman–Crippen LogP) is 5.81. The smallest absolute Gasteiger partial charge is 0.410 e. The highest BCUT2D eigenvalue weighted by molar-refractivity contribution is 5.90. The number of amides is 2. The highest BCUT2D eigenvalue weighted by atomic mass is 16.6. The van der Waals surface area contributed by atoms with E-state index in [1.807, 2.05) is 82.3 Å². The fourth-order valence-corrected chi connectivity index (χ4v) is 5.98. The summed E-state index contributed by atoms with van der Waals surface area (Å²) in [5, 5.41) is 0. The molecule has 13 nitrogen and oxygen atoms in total. The van der Waals surface area contributed by atoms with Gasteiger partial charge < -0.3 is 33.5 Å². The number of benzene rings is 2. The van der Waals surface area contributed by atoms with Gasteiger partial charge in [-0.1, -0.05) is 70.2 Å². The van der Waals surface area contributed by atoms with Gasteiger partial charge in [-0.3, -0.25) is 9.69 Å². The van der Waals surface area contributed by atoms with E-state index in [1.54, 1.807) is 20.8 Å². The highest BCUT2D eigenvalue weighted by Gasteiger charge is 2.39. The van der Waals surface area contributed by atoms with Crippen LogP contribution in [0.25, 0.3) is 0 Å². The number of morpholine rings is 1. The molecule has 0 spiro atoms. The third kappa shape index (κ3) is 14.5. The van der Waals surface area contributed by atoms with Gasteiger partial charge in [0.2, 0.25) is 0 Å². The second-order valence-electron chi connectivity index (χ2n) is 15.9. The molecule has 2 aromatic carbocycles. The standard InChI is InChI=1S/C42H61N3O10/c1-28(2)24-34(39(48)53-30(5)38(47)52-27-32-14-12-11-13-15-32)43(9)37(46)36(26-31-16-18-33(19-17-31)45-20-22-51-23-21-45)54-40(49)35(25-29(3)4)44(10)41(50)55-42(6,7)8/h11-19,28-30,34-36H,20-27H2,1-10H3/t30-,34-,35-,36-/m1/s1. The molecular weight excluding hydrogens is 706 g/mol. The lowest BCUT2D eigenvalue weighted by Gasteiger charge is -2.33. The molecule has 55 heavy (non-hydrogen) atoms. The molecule has 3 rings (SSSR count). The first-order chi connectivity index (χ1) is 25.9. The Labute approximate surface area is 326 Å². The normalized spacial score (nSPS) is 15.4. The van der Waals surface area contributed by atoms with E-state index in [2.05, 4.69) is 4.90 Å². The van der Waals surface area contributed by atoms with Crippen molar-refractivity contribution in [2.75, 3.05) is 45.3 Å². The minimum atomic E-state index is -1.37. The summed E-state index contributed by atoms with van der Waals surface area (Å²) in [5.41, 5.74) is 1.69. The van der Waals surface area contributed by atoms with Crippen LogP contribution in [0, 0.1) is 11.8 Å². The number of carbonyl (C=O) groups is 5. The highest BCUT2D eigenvalue weighted by Crippen LogP contribution is 2.23. The number of esters is 3. The Balaban J connectivity index is 1.88. The van der Waals surface area contributed by atoms with E-state index in [4.69, 9.17) is 23.7 Å². The van der Waals surface area contributed by atoms with Crippen LogP contribution in [0.3, 0.4) is 0 Å². The summed E-state index contributed by atoms with van der Waals surface area (Å²) in [7, 11) is 2.92. The molecule has 2 amide bonds. The van der Waals surface area contributed by atoms with E-state index in [0.29, 0.717) is 13.2 Å². The number of carbonyl (C=O) groups excluding carboxylic acids is 5. The lowest BCUT2D eigenvalue weighted by molar-refractivity contribution is -0.174. The van der Waals surface area contributed by atoms with Gasteiger partial charge in [0, 0.05) is 39.3 Å². The Morgan fingerprint density at radius 2 is 1.27 bits per heavy atom. The van der Waals surface area contributed by atoms with E-state index < -0.39 is 59.8 Å². The summed E-state index contributed by atoms with van der Waals surface area (Å²) in [4.78, 5) is 72.7. The van der Waals surface area contributed by atoms with Gasteiger partial charge in [0.15, 0.2) is 12.2 Å². The third-order valence-corrected chi connectivity index (χ3v) is 9.01. The monoisotopic (exact) mass is 767 g/mol. The van der Waals surface area contributed by atoms with Crippen LogP contribution in [0.5, 0.6) is 0 Å². The first kappa shape index (κ1) is 44.7. The molecule has 0 bridgehead atoms. The molecule has 1 heterocycles. The molecule has 1 fully saturated rings.